The minimum atomic E-state index is -0.440. The lowest BCUT2D eigenvalue weighted by molar-refractivity contribution is -0.116. The number of aromatic nitrogens is 5. The molecule has 2 N–H and O–H groups in total. The summed E-state index contributed by atoms with van der Waals surface area (Å²) in [5, 5.41) is 3.44. The fourth-order valence-electron chi connectivity index (χ4n) is 4.03. The number of hydrogen-bond donors (Lipinski definition) is 2. The molecule has 0 spiro atoms. The van der Waals surface area contributed by atoms with Gasteiger partial charge in [0, 0.05) is 25.9 Å². The molecule has 34 heavy (non-hydrogen) atoms. The lowest BCUT2D eigenvalue weighted by atomic mass is 10.2. The first-order chi connectivity index (χ1) is 16.5. The van der Waals surface area contributed by atoms with E-state index in [-0.39, 0.29) is 12.3 Å². The molecule has 1 aromatic carbocycles. The van der Waals surface area contributed by atoms with Gasteiger partial charge in [-0.3, -0.25) is 19.1 Å². The number of fused-ring (bicyclic) bond motifs is 2. The summed E-state index contributed by atoms with van der Waals surface area (Å²) in [6.07, 6.45) is 5.24. The van der Waals surface area contributed by atoms with Crippen LogP contribution in [0.3, 0.4) is 0 Å². The number of amides is 1. The Morgan fingerprint density at radius 3 is 2.56 bits per heavy atom. The number of carbonyl (C=O) groups excluding carboxylic acids is 1. The van der Waals surface area contributed by atoms with Crippen molar-refractivity contribution in [2.24, 2.45) is 0 Å². The minimum Gasteiger partial charge on any atom is -0.322 e. The third-order valence-corrected chi connectivity index (χ3v) is 6.75. The molecule has 0 aliphatic carbocycles. The van der Waals surface area contributed by atoms with Gasteiger partial charge in [-0.2, -0.15) is 0 Å². The van der Waals surface area contributed by atoms with Gasteiger partial charge in [-0.05, 0) is 25.0 Å². The first-order valence-electron chi connectivity index (χ1n) is 11.9. The van der Waals surface area contributed by atoms with Gasteiger partial charge < -0.3 is 9.88 Å². The Hall–Kier alpha value is -3.27. The van der Waals surface area contributed by atoms with Crippen molar-refractivity contribution < 1.29 is 4.79 Å². The number of H-pyrrole nitrogens is 1. The Morgan fingerprint density at radius 2 is 1.79 bits per heavy atom. The van der Waals surface area contributed by atoms with Gasteiger partial charge in [-0.25, -0.2) is 14.8 Å². The zero-order chi connectivity index (χ0) is 24.1. The molecule has 1 amide bonds. The zero-order valence-electron chi connectivity index (χ0n) is 19.6. The second-order valence-corrected chi connectivity index (χ2v) is 9.39. The molecule has 10 heteroatoms. The molecule has 3 heterocycles. The quantitative estimate of drug-likeness (QED) is 0.313. The molecule has 0 bridgehead atoms. The highest BCUT2D eigenvalue weighted by Crippen LogP contribution is 2.25. The maximum atomic E-state index is 12.7. The molecule has 180 valence electrons. The Labute approximate surface area is 200 Å². The molecule has 4 aromatic rings. The minimum absolute atomic E-state index is 0.163. The van der Waals surface area contributed by atoms with Crippen LogP contribution in [0.1, 0.15) is 58.2 Å². The summed E-state index contributed by atoms with van der Waals surface area (Å²) >= 11 is 1.43. The summed E-state index contributed by atoms with van der Waals surface area (Å²) < 4.78 is 4.44. The number of carbonyl (C=O) groups is 1. The molecule has 0 atom stereocenters. The smallest absolute Gasteiger partial charge is 0.322 e. The summed E-state index contributed by atoms with van der Waals surface area (Å²) in [6.45, 7) is 5.28. The summed E-state index contributed by atoms with van der Waals surface area (Å²) in [6, 6.07) is 7.74. The molecule has 4 rings (SSSR count). The number of nitrogens with one attached hydrogen (secondary N) is 2. The number of thiazole rings is 1. The second-order valence-electron chi connectivity index (χ2n) is 8.36. The van der Waals surface area contributed by atoms with Crippen LogP contribution in [0.5, 0.6) is 0 Å². The second kappa shape index (κ2) is 10.8. The van der Waals surface area contributed by atoms with E-state index in [0.717, 1.165) is 42.3 Å². The van der Waals surface area contributed by atoms with Crippen molar-refractivity contribution in [2.45, 2.75) is 71.9 Å². The van der Waals surface area contributed by atoms with E-state index in [1.54, 1.807) is 4.57 Å². The fraction of sp³-hybridized carbons (Fsp3) is 0.458. The van der Waals surface area contributed by atoms with Crippen molar-refractivity contribution in [2.75, 3.05) is 5.32 Å². The number of unbranched alkanes of at least 4 members (excludes halogenated alkanes) is 3. The number of hydrogen-bond acceptors (Lipinski definition) is 6. The number of imidazole rings is 1. The lowest BCUT2D eigenvalue weighted by Gasteiger charge is -2.09. The van der Waals surface area contributed by atoms with Crippen molar-refractivity contribution in [1.82, 2.24) is 24.1 Å². The normalized spacial score (nSPS) is 11.5. The first kappa shape index (κ1) is 23.9. The van der Waals surface area contributed by atoms with Gasteiger partial charge in [0.15, 0.2) is 16.3 Å². The van der Waals surface area contributed by atoms with Crippen molar-refractivity contribution in [3.05, 3.63) is 50.9 Å². The van der Waals surface area contributed by atoms with Gasteiger partial charge >= 0.3 is 5.69 Å². The molecular weight excluding hydrogens is 452 g/mol. The van der Waals surface area contributed by atoms with Crippen molar-refractivity contribution in [3.8, 4) is 0 Å². The maximum Gasteiger partial charge on any atom is 0.330 e. The topological polar surface area (TPSA) is 115 Å². The van der Waals surface area contributed by atoms with E-state index in [4.69, 9.17) is 4.98 Å². The van der Waals surface area contributed by atoms with Crippen molar-refractivity contribution in [1.29, 1.82) is 0 Å². The van der Waals surface area contributed by atoms with Gasteiger partial charge in [-0.15, -0.1) is 0 Å². The Bertz CT molecular complexity index is 1380. The predicted molar refractivity (Wildman–Crippen MR) is 136 cm³/mol. The van der Waals surface area contributed by atoms with E-state index in [1.165, 1.54) is 11.3 Å². The first-order valence-corrected chi connectivity index (χ1v) is 12.7. The van der Waals surface area contributed by atoms with Crippen LogP contribution in [0.4, 0.5) is 5.13 Å². The molecule has 0 saturated carbocycles. The molecule has 0 aliphatic heterocycles. The zero-order valence-corrected chi connectivity index (χ0v) is 20.4. The van der Waals surface area contributed by atoms with Gasteiger partial charge in [0.25, 0.3) is 5.56 Å². The van der Waals surface area contributed by atoms with Crippen LogP contribution in [0.2, 0.25) is 0 Å². The van der Waals surface area contributed by atoms with Crippen LogP contribution in [0.25, 0.3) is 21.4 Å². The largest absolute Gasteiger partial charge is 0.330 e. The van der Waals surface area contributed by atoms with Crippen molar-refractivity contribution >= 4 is 43.8 Å². The number of para-hydroxylation sites is 1. The number of nitrogens with zero attached hydrogens (tertiary/aromatic N) is 4. The predicted octanol–water partition coefficient (Wildman–Crippen LogP) is 4.06. The Balaban J connectivity index is 1.59. The van der Waals surface area contributed by atoms with Crippen LogP contribution in [0, 0.1) is 0 Å². The molecule has 0 saturated heterocycles. The number of benzene rings is 1. The van der Waals surface area contributed by atoms with Crippen LogP contribution in [0.15, 0.2) is 33.9 Å². The highest BCUT2D eigenvalue weighted by Gasteiger charge is 2.19. The summed E-state index contributed by atoms with van der Waals surface area (Å²) in [7, 11) is 0. The molecule has 3 aromatic heterocycles. The number of rotatable bonds is 11. The SMILES string of the molecule is CCCCCn1c(CCC(=O)Nc2nc3ccccc3s2)nc2c1c(=O)[nH]c(=O)n2CCCC. The standard InChI is InChI=1S/C24H30N6O3S/c1-3-5-9-15-29-18(26-21-20(29)22(32)28-24(33)30(21)14-6-4-2)12-13-19(31)27-23-25-16-10-7-8-11-17(16)34-23/h7-8,10-11H,3-6,9,12-15H2,1-2H3,(H,25,27,31)(H,28,32,33). The average molecular weight is 483 g/mol. The van der Waals surface area contributed by atoms with Gasteiger partial charge in [0.2, 0.25) is 5.91 Å². The molecular formula is C24H30N6O3S. The molecule has 0 unspecified atom stereocenters. The summed E-state index contributed by atoms with van der Waals surface area (Å²) in [5.41, 5.74) is 0.796. The highest BCUT2D eigenvalue weighted by atomic mass is 32.1. The van der Waals surface area contributed by atoms with E-state index < -0.39 is 11.2 Å². The third-order valence-electron chi connectivity index (χ3n) is 5.80. The van der Waals surface area contributed by atoms with E-state index in [1.807, 2.05) is 35.8 Å². The molecule has 0 radical (unpaired) electrons. The monoisotopic (exact) mass is 482 g/mol. The van der Waals surface area contributed by atoms with Crippen LogP contribution in [-0.2, 0) is 24.3 Å². The Kier molecular flexibility index (Phi) is 7.56. The molecule has 0 aliphatic rings. The molecule has 0 fully saturated rings. The summed E-state index contributed by atoms with van der Waals surface area (Å²) in [4.78, 5) is 49.5. The number of aromatic amines is 1. The maximum absolute atomic E-state index is 12.7. The average Bonchev–Trinajstić information content (AvgIpc) is 3.38. The van der Waals surface area contributed by atoms with Gasteiger partial charge in [-0.1, -0.05) is 56.6 Å². The highest BCUT2D eigenvalue weighted by molar-refractivity contribution is 7.22. The fourth-order valence-corrected chi connectivity index (χ4v) is 4.91. The van der Waals surface area contributed by atoms with E-state index in [9.17, 15) is 14.4 Å². The lowest BCUT2D eigenvalue weighted by Crippen LogP contribution is -2.31. The molecule has 9 nitrogen and oxygen atoms in total. The van der Waals surface area contributed by atoms with Gasteiger partial charge in [0.1, 0.15) is 5.82 Å². The number of anilines is 1. The van der Waals surface area contributed by atoms with Crippen LogP contribution < -0.4 is 16.6 Å². The van der Waals surface area contributed by atoms with Gasteiger partial charge in [0.05, 0.1) is 10.2 Å². The van der Waals surface area contributed by atoms with Crippen molar-refractivity contribution in [3.63, 3.8) is 0 Å². The van der Waals surface area contributed by atoms with Crippen LogP contribution >= 0.6 is 11.3 Å². The van der Waals surface area contributed by atoms with Crippen LogP contribution in [-0.4, -0.2) is 30.0 Å². The summed E-state index contributed by atoms with van der Waals surface area (Å²) in [5.74, 6) is 0.482. The van der Waals surface area contributed by atoms with E-state index in [2.05, 4.69) is 22.2 Å². The van der Waals surface area contributed by atoms with E-state index in [0.29, 0.717) is 41.6 Å². The number of aryl methyl sites for hydroxylation is 3. The Morgan fingerprint density at radius 1 is 1.03 bits per heavy atom. The van der Waals surface area contributed by atoms with E-state index >= 15 is 0 Å². The third kappa shape index (κ3) is 5.11.